The molecule has 0 amide bonds. The standard InChI is InChI=1S/C16H21N3O2S/c1-12-8-14-5-2-6-15(16(14)18-10-12)22(20,21)19-7-3-4-13(9-17)11-19/h2,5-6,8,10,13H,3-4,7,9,11,17H2,1H3. The third-order valence-electron chi connectivity index (χ3n) is 4.24. The second-order valence-electron chi connectivity index (χ2n) is 5.95. The summed E-state index contributed by atoms with van der Waals surface area (Å²) in [5, 5.41) is 0.855. The summed E-state index contributed by atoms with van der Waals surface area (Å²) in [4.78, 5) is 4.64. The number of nitrogens with zero attached hydrogens (tertiary/aromatic N) is 2. The maximum absolute atomic E-state index is 13.0. The number of nitrogens with two attached hydrogens (primary N) is 1. The number of hydrogen-bond acceptors (Lipinski definition) is 4. The van der Waals surface area contributed by atoms with Crippen molar-refractivity contribution in [3.05, 3.63) is 36.0 Å². The van der Waals surface area contributed by atoms with Crippen molar-refractivity contribution in [3.63, 3.8) is 0 Å². The fraction of sp³-hybridized carbons (Fsp3) is 0.438. The molecule has 0 saturated carbocycles. The molecule has 2 heterocycles. The SMILES string of the molecule is Cc1cnc2c(S(=O)(=O)N3CCCC(CN)C3)cccc2c1. The maximum atomic E-state index is 13.0. The third-order valence-corrected chi connectivity index (χ3v) is 6.14. The number of rotatable bonds is 3. The van der Waals surface area contributed by atoms with Gasteiger partial charge in [0.25, 0.3) is 0 Å². The highest BCUT2D eigenvalue weighted by Crippen LogP contribution is 2.27. The largest absolute Gasteiger partial charge is 0.330 e. The molecule has 0 spiro atoms. The Morgan fingerprint density at radius 1 is 1.41 bits per heavy atom. The van der Waals surface area contributed by atoms with Crippen molar-refractivity contribution >= 4 is 20.9 Å². The van der Waals surface area contributed by atoms with Crippen LogP contribution in [0.5, 0.6) is 0 Å². The summed E-state index contributed by atoms with van der Waals surface area (Å²) in [6.07, 6.45) is 3.56. The molecule has 1 aromatic carbocycles. The molecule has 6 heteroatoms. The van der Waals surface area contributed by atoms with Crippen LogP contribution in [0.25, 0.3) is 10.9 Å². The van der Waals surface area contributed by atoms with E-state index in [2.05, 4.69) is 4.98 Å². The minimum atomic E-state index is -3.53. The van der Waals surface area contributed by atoms with Gasteiger partial charge in [0.2, 0.25) is 10.0 Å². The molecule has 1 aliphatic rings. The van der Waals surface area contributed by atoms with Crippen molar-refractivity contribution in [1.29, 1.82) is 0 Å². The first-order chi connectivity index (χ1) is 10.5. The molecule has 0 bridgehead atoms. The fourth-order valence-corrected chi connectivity index (χ4v) is 4.75. The van der Waals surface area contributed by atoms with Gasteiger partial charge in [-0.3, -0.25) is 4.98 Å². The van der Waals surface area contributed by atoms with Crippen molar-refractivity contribution in [2.24, 2.45) is 11.7 Å². The lowest BCUT2D eigenvalue weighted by atomic mass is 10.0. The zero-order valence-corrected chi connectivity index (χ0v) is 13.5. The summed E-state index contributed by atoms with van der Waals surface area (Å²) in [6.45, 7) is 3.53. The Balaban J connectivity index is 2.05. The maximum Gasteiger partial charge on any atom is 0.245 e. The summed E-state index contributed by atoms with van der Waals surface area (Å²) in [5.74, 6) is 0.244. The van der Waals surface area contributed by atoms with Crippen LogP contribution in [0, 0.1) is 12.8 Å². The van der Waals surface area contributed by atoms with Crippen LogP contribution in [0.3, 0.4) is 0 Å². The molecular formula is C16H21N3O2S. The van der Waals surface area contributed by atoms with Crippen LogP contribution >= 0.6 is 0 Å². The van der Waals surface area contributed by atoms with Gasteiger partial charge in [0.05, 0.1) is 5.52 Å². The Kier molecular flexibility index (Phi) is 4.16. The zero-order valence-electron chi connectivity index (χ0n) is 12.7. The molecule has 1 fully saturated rings. The Hall–Kier alpha value is -1.50. The van der Waals surface area contributed by atoms with Crippen molar-refractivity contribution in [1.82, 2.24) is 9.29 Å². The molecule has 5 nitrogen and oxygen atoms in total. The minimum Gasteiger partial charge on any atom is -0.330 e. The molecule has 2 N–H and O–H groups in total. The van der Waals surface area contributed by atoms with E-state index < -0.39 is 10.0 Å². The van der Waals surface area contributed by atoms with Gasteiger partial charge in [-0.05, 0) is 49.9 Å². The van der Waals surface area contributed by atoms with Gasteiger partial charge in [-0.2, -0.15) is 4.31 Å². The van der Waals surface area contributed by atoms with E-state index in [1.807, 2.05) is 19.1 Å². The Bertz CT molecular complexity index is 789. The van der Waals surface area contributed by atoms with Gasteiger partial charge in [-0.15, -0.1) is 0 Å². The van der Waals surface area contributed by atoms with Crippen LogP contribution < -0.4 is 5.73 Å². The second-order valence-corrected chi connectivity index (χ2v) is 7.85. The smallest absolute Gasteiger partial charge is 0.245 e. The Morgan fingerprint density at radius 3 is 3.00 bits per heavy atom. The Labute approximate surface area is 131 Å². The first-order valence-corrected chi connectivity index (χ1v) is 9.02. The third kappa shape index (κ3) is 2.74. The van der Waals surface area contributed by atoms with Crippen molar-refractivity contribution in [3.8, 4) is 0 Å². The van der Waals surface area contributed by atoms with Crippen molar-refractivity contribution in [2.75, 3.05) is 19.6 Å². The molecule has 1 unspecified atom stereocenters. The van der Waals surface area contributed by atoms with E-state index in [0.29, 0.717) is 30.0 Å². The fourth-order valence-electron chi connectivity index (χ4n) is 3.03. The molecule has 1 aliphatic heterocycles. The quantitative estimate of drug-likeness (QED) is 0.937. The van der Waals surface area contributed by atoms with Gasteiger partial charge in [0, 0.05) is 24.7 Å². The van der Waals surface area contributed by atoms with Crippen molar-refractivity contribution in [2.45, 2.75) is 24.7 Å². The zero-order chi connectivity index (χ0) is 15.7. The molecular weight excluding hydrogens is 298 g/mol. The molecule has 118 valence electrons. The number of aromatic nitrogens is 1. The van der Waals surface area contributed by atoms with Crippen LogP contribution in [-0.4, -0.2) is 37.3 Å². The molecule has 1 atom stereocenters. The lowest BCUT2D eigenvalue weighted by molar-refractivity contribution is 0.271. The van der Waals surface area contributed by atoms with Crippen LogP contribution in [0.2, 0.25) is 0 Å². The summed E-state index contributed by atoms with van der Waals surface area (Å²) in [7, 11) is -3.53. The van der Waals surface area contributed by atoms with E-state index in [0.717, 1.165) is 23.8 Å². The first-order valence-electron chi connectivity index (χ1n) is 7.58. The lowest BCUT2D eigenvalue weighted by Gasteiger charge is -2.31. The van der Waals surface area contributed by atoms with Crippen LogP contribution in [-0.2, 0) is 10.0 Å². The highest BCUT2D eigenvalue weighted by atomic mass is 32.2. The average Bonchev–Trinajstić information content (AvgIpc) is 2.54. The molecule has 1 aromatic heterocycles. The Morgan fingerprint density at radius 2 is 2.23 bits per heavy atom. The highest BCUT2D eigenvalue weighted by Gasteiger charge is 2.31. The van der Waals surface area contributed by atoms with E-state index >= 15 is 0 Å². The first kappa shape index (κ1) is 15.4. The predicted octanol–water partition coefficient (Wildman–Crippen LogP) is 1.90. The number of piperidine rings is 1. The number of aryl methyl sites for hydroxylation is 1. The van der Waals surface area contributed by atoms with Gasteiger partial charge in [-0.1, -0.05) is 12.1 Å². The number of hydrogen-bond donors (Lipinski definition) is 1. The number of para-hydroxylation sites is 1. The molecule has 3 rings (SSSR count). The number of sulfonamides is 1. The van der Waals surface area contributed by atoms with Gasteiger partial charge in [-0.25, -0.2) is 8.42 Å². The topological polar surface area (TPSA) is 76.3 Å². The van der Waals surface area contributed by atoms with Gasteiger partial charge in [0.1, 0.15) is 4.90 Å². The number of pyridine rings is 1. The monoisotopic (exact) mass is 319 g/mol. The van der Waals surface area contributed by atoms with Crippen LogP contribution in [0.4, 0.5) is 0 Å². The van der Waals surface area contributed by atoms with Crippen LogP contribution in [0.15, 0.2) is 35.4 Å². The molecule has 22 heavy (non-hydrogen) atoms. The normalized spacial score (nSPS) is 20.4. The summed E-state index contributed by atoms with van der Waals surface area (Å²) >= 11 is 0. The lowest BCUT2D eigenvalue weighted by Crippen LogP contribution is -2.42. The van der Waals surface area contributed by atoms with E-state index in [1.165, 1.54) is 0 Å². The molecule has 0 aliphatic carbocycles. The molecule has 1 saturated heterocycles. The minimum absolute atomic E-state index is 0.244. The van der Waals surface area contributed by atoms with Crippen molar-refractivity contribution < 1.29 is 8.42 Å². The van der Waals surface area contributed by atoms with E-state index in [9.17, 15) is 8.42 Å². The summed E-state index contributed by atoms with van der Waals surface area (Å²) in [5.41, 5.74) is 7.28. The van der Waals surface area contributed by atoms with E-state index in [-0.39, 0.29) is 5.92 Å². The summed E-state index contributed by atoms with van der Waals surface area (Å²) in [6, 6.07) is 7.28. The summed E-state index contributed by atoms with van der Waals surface area (Å²) < 4.78 is 27.5. The highest BCUT2D eigenvalue weighted by molar-refractivity contribution is 7.89. The van der Waals surface area contributed by atoms with Gasteiger partial charge < -0.3 is 5.73 Å². The molecule has 0 radical (unpaired) electrons. The van der Waals surface area contributed by atoms with E-state index in [4.69, 9.17) is 5.73 Å². The number of fused-ring (bicyclic) bond motifs is 1. The number of benzene rings is 1. The van der Waals surface area contributed by atoms with Gasteiger partial charge >= 0.3 is 0 Å². The second kappa shape index (κ2) is 5.95. The predicted molar refractivity (Wildman–Crippen MR) is 87.0 cm³/mol. The van der Waals surface area contributed by atoms with Crippen LogP contribution in [0.1, 0.15) is 18.4 Å². The molecule has 2 aromatic rings. The van der Waals surface area contributed by atoms with Gasteiger partial charge in [0.15, 0.2) is 0 Å². The van der Waals surface area contributed by atoms with E-state index in [1.54, 1.807) is 22.6 Å². The average molecular weight is 319 g/mol.